The number of aliphatic imine (C=N–C) groups is 1. The topological polar surface area (TPSA) is 75.3 Å². The summed E-state index contributed by atoms with van der Waals surface area (Å²) in [6.45, 7) is 0. The third kappa shape index (κ3) is 2.55. The normalized spacial score (nSPS) is 22.4. The van der Waals surface area contributed by atoms with E-state index in [0.29, 0.717) is 28.3 Å². The van der Waals surface area contributed by atoms with Crippen LogP contribution in [0.4, 0.5) is 10.2 Å². The van der Waals surface area contributed by atoms with Crippen LogP contribution in [0.15, 0.2) is 41.5 Å². The first kappa shape index (κ1) is 13.8. The molecule has 2 heterocycles. The van der Waals surface area contributed by atoms with Crippen molar-refractivity contribution in [2.45, 2.75) is 5.25 Å². The van der Waals surface area contributed by atoms with Crippen LogP contribution in [0.25, 0.3) is 11.1 Å². The van der Waals surface area contributed by atoms with E-state index in [0.717, 1.165) is 0 Å². The summed E-state index contributed by atoms with van der Waals surface area (Å²) in [6, 6.07) is 8.30. The summed E-state index contributed by atoms with van der Waals surface area (Å²) in [6.07, 6.45) is 1.57. The Kier molecular flexibility index (Phi) is 3.27. The molecule has 0 saturated carbocycles. The van der Waals surface area contributed by atoms with E-state index in [1.165, 1.54) is 6.07 Å². The number of rotatable bonds is 1. The molecule has 0 bridgehead atoms. The minimum Gasteiger partial charge on any atom is -0.322 e. The molecule has 1 aromatic heterocycles. The molecule has 1 aliphatic heterocycles. The smallest absolute Gasteiger partial charge is 0.245 e. The maximum Gasteiger partial charge on any atom is 0.245 e. The molecule has 1 unspecified atom stereocenters. The molecule has 0 saturated heterocycles. The predicted octanol–water partition coefficient (Wildman–Crippen LogP) is 2.09. The number of pyridine rings is 1. The second-order valence-electron chi connectivity index (χ2n) is 4.63. The minimum absolute atomic E-state index is 0.309. The van der Waals surface area contributed by atoms with Crippen molar-refractivity contribution in [1.82, 2.24) is 10.3 Å². The molecule has 0 spiro atoms. The van der Waals surface area contributed by atoms with Gasteiger partial charge in [-0.05, 0) is 12.1 Å². The van der Waals surface area contributed by atoms with Crippen LogP contribution in [-0.2, 0) is 0 Å². The van der Waals surface area contributed by atoms with Crippen molar-refractivity contribution in [1.29, 1.82) is 0 Å². The Morgan fingerprint density at radius 3 is 2.76 bits per heavy atom. The standard InChI is InChI=1S/C14H13ClFN5/c1-18-12-10-6-8(9-4-2-3-5-11(9)16)7-19-13(10)21-14(15,17)20-12/h2-7H,17H2,1H3,(H,18,20)(H,19,21). The van der Waals surface area contributed by atoms with Gasteiger partial charge in [-0.25, -0.2) is 9.37 Å². The number of hydrogen-bond donors (Lipinski definition) is 3. The SMILES string of the molecule is CN=C1NC(N)(Cl)Nc2ncc(-c3ccccc3F)cc21. The van der Waals surface area contributed by atoms with Gasteiger partial charge in [0.05, 0.1) is 5.56 Å². The average Bonchev–Trinajstić information content (AvgIpc) is 2.46. The first-order valence-electron chi connectivity index (χ1n) is 6.26. The molecule has 0 fully saturated rings. The van der Waals surface area contributed by atoms with Crippen LogP contribution in [0.1, 0.15) is 5.56 Å². The Balaban J connectivity index is 2.12. The highest BCUT2D eigenvalue weighted by Crippen LogP contribution is 2.28. The van der Waals surface area contributed by atoms with E-state index < -0.39 is 5.25 Å². The maximum absolute atomic E-state index is 13.9. The molecular formula is C14H13ClFN5. The minimum atomic E-state index is -1.35. The van der Waals surface area contributed by atoms with Crippen molar-refractivity contribution in [2.75, 3.05) is 12.4 Å². The van der Waals surface area contributed by atoms with E-state index in [4.69, 9.17) is 17.3 Å². The van der Waals surface area contributed by atoms with Crippen LogP contribution >= 0.6 is 11.6 Å². The monoisotopic (exact) mass is 305 g/mol. The van der Waals surface area contributed by atoms with Crippen LogP contribution in [0, 0.1) is 5.82 Å². The summed E-state index contributed by atoms with van der Waals surface area (Å²) in [5.74, 6) is 0.676. The summed E-state index contributed by atoms with van der Waals surface area (Å²) >= 11 is 6.03. The second-order valence-corrected chi connectivity index (χ2v) is 5.23. The number of amidine groups is 1. The van der Waals surface area contributed by atoms with Gasteiger partial charge in [0.15, 0.2) is 0 Å². The predicted molar refractivity (Wildman–Crippen MR) is 81.6 cm³/mol. The maximum atomic E-state index is 13.9. The van der Waals surface area contributed by atoms with Gasteiger partial charge in [-0.2, -0.15) is 0 Å². The van der Waals surface area contributed by atoms with Crippen molar-refractivity contribution in [3.63, 3.8) is 0 Å². The highest BCUT2D eigenvalue weighted by Gasteiger charge is 2.31. The molecule has 1 aromatic carbocycles. The molecule has 108 valence electrons. The molecule has 2 aromatic rings. The highest BCUT2D eigenvalue weighted by atomic mass is 35.5. The lowest BCUT2D eigenvalue weighted by atomic mass is 10.0. The molecule has 1 aliphatic rings. The Bertz CT molecular complexity index is 729. The van der Waals surface area contributed by atoms with Gasteiger partial charge in [0.25, 0.3) is 0 Å². The molecule has 1 atom stereocenters. The zero-order valence-electron chi connectivity index (χ0n) is 11.2. The van der Waals surface area contributed by atoms with E-state index in [1.54, 1.807) is 37.5 Å². The van der Waals surface area contributed by atoms with Gasteiger partial charge in [-0.15, -0.1) is 0 Å². The number of fused-ring (bicyclic) bond motifs is 1. The number of nitrogens with one attached hydrogen (secondary N) is 2. The van der Waals surface area contributed by atoms with E-state index in [-0.39, 0.29) is 5.82 Å². The number of alkyl halides is 1. The van der Waals surface area contributed by atoms with Gasteiger partial charge in [0, 0.05) is 24.4 Å². The third-order valence-corrected chi connectivity index (χ3v) is 3.34. The summed E-state index contributed by atoms with van der Waals surface area (Å²) < 4.78 is 13.9. The van der Waals surface area contributed by atoms with Gasteiger partial charge in [-0.3, -0.25) is 10.7 Å². The molecule has 0 radical (unpaired) electrons. The Morgan fingerprint density at radius 1 is 1.29 bits per heavy atom. The number of anilines is 1. The first-order chi connectivity index (χ1) is 10.00. The third-order valence-electron chi connectivity index (χ3n) is 3.15. The van der Waals surface area contributed by atoms with Crippen LogP contribution in [0.3, 0.4) is 0 Å². The molecule has 4 N–H and O–H groups in total. The fourth-order valence-corrected chi connectivity index (χ4v) is 2.39. The quantitative estimate of drug-likeness (QED) is 0.557. The Morgan fingerprint density at radius 2 is 2.05 bits per heavy atom. The van der Waals surface area contributed by atoms with Crippen LogP contribution in [0.2, 0.25) is 0 Å². The lowest BCUT2D eigenvalue weighted by Gasteiger charge is -2.33. The van der Waals surface area contributed by atoms with Gasteiger partial charge < -0.3 is 10.6 Å². The summed E-state index contributed by atoms with van der Waals surface area (Å²) in [4.78, 5) is 8.38. The number of benzene rings is 1. The van der Waals surface area contributed by atoms with Gasteiger partial charge >= 0.3 is 0 Å². The zero-order chi connectivity index (χ0) is 15.0. The number of hydrogen-bond acceptors (Lipinski definition) is 4. The molecule has 0 amide bonds. The fourth-order valence-electron chi connectivity index (χ4n) is 2.21. The van der Waals surface area contributed by atoms with E-state index in [9.17, 15) is 4.39 Å². The Labute approximate surface area is 126 Å². The van der Waals surface area contributed by atoms with E-state index in [2.05, 4.69) is 20.6 Å². The van der Waals surface area contributed by atoms with Crippen molar-refractivity contribution >= 4 is 23.3 Å². The van der Waals surface area contributed by atoms with Gasteiger partial charge in [-0.1, -0.05) is 29.8 Å². The lowest BCUT2D eigenvalue weighted by molar-refractivity contribution is 0.621. The summed E-state index contributed by atoms with van der Waals surface area (Å²) in [5, 5.41) is 4.33. The zero-order valence-corrected chi connectivity index (χ0v) is 11.9. The number of nitrogens with two attached hydrogens (primary N) is 1. The fraction of sp³-hybridized carbons (Fsp3) is 0.143. The number of halogens is 2. The molecule has 0 aliphatic carbocycles. The van der Waals surface area contributed by atoms with E-state index in [1.807, 2.05) is 0 Å². The number of aromatic nitrogens is 1. The van der Waals surface area contributed by atoms with E-state index >= 15 is 0 Å². The lowest BCUT2D eigenvalue weighted by Crippen LogP contribution is -2.60. The highest BCUT2D eigenvalue weighted by molar-refractivity contribution is 6.27. The van der Waals surface area contributed by atoms with Crippen molar-refractivity contribution in [2.24, 2.45) is 10.7 Å². The first-order valence-corrected chi connectivity index (χ1v) is 6.64. The summed E-state index contributed by atoms with van der Waals surface area (Å²) in [7, 11) is 1.61. The van der Waals surface area contributed by atoms with Crippen LogP contribution < -0.4 is 16.4 Å². The van der Waals surface area contributed by atoms with Crippen LogP contribution in [-0.4, -0.2) is 23.1 Å². The second kappa shape index (κ2) is 4.98. The molecular weight excluding hydrogens is 293 g/mol. The van der Waals surface area contributed by atoms with Gasteiger partial charge in [0.2, 0.25) is 5.25 Å². The molecule has 21 heavy (non-hydrogen) atoms. The van der Waals surface area contributed by atoms with Crippen molar-refractivity contribution in [3.8, 4) is 11.1 Å². The molecule has 5 nitrogen and oxygen atoms in total. The largest absolute Gasteiger partial charge is 0.322 e. The summed E-state index contributed by atoms with van der Waals surface area (Å²) in [5.41, 5.74) is 7.59. The Hall–Kier alpha value is -2.18. The average molecular weight is 306 g/mol. The van der Waals surface area contributed by atoms with Crippen LogP contribution in [0.5, 0.6) is 0 Å². The van der Waals surface area contributed by atoms with Crippen molar-refractivity contribution in [3.05, 3.63) is 47.9 Å². The van der Waals surface area contributed by atoms with Crippen molar-refractivity contribution < 1.29 is 4.39 Å². The number of nitrogens with zero attached hydrogens (tertiary/aromatic N) is 2. The molecule has 7 heteroatoms. The van der Waals surface area contributed by atoms with Gasteiger partial charge in [0.1, 0.15) is 17.5 Å². The molecule has 3 rings (SSSR count).